The van der Waals surface area contributed by atoms with Gasteiger partial charge in [-0.3, -0.25) is 14.5 Å². The minimum absolute atomic E-state index is 0.0503. The summed E-state index contributed by atoms with van der Waals surface area (Å²) in [4.78, 5) is 28.9. The van der Waals surface area contributed by atoms with Crippen LogP contribution in [0.15, 0.2) is 48.5 Å². The van der Waals surface area contributed by atoms with Gasteiger partial charge in [0.2, 0.25) is 5.91 Å². The Morgan fingerprint density at radius 2 is 2.00 bits per heavy atom. The van der Waals surface area contributed by atoms with Gasteiger partial charge in [0, 0.05) is 25.3 Å². The number of anilines is 2. The van der Waals surface area contributed by atoms with E-state index in [1.54, 1.807) is 6.92 Å². The topological polar surface area (TPSA) is 61.9 Å². The first-order chi connectivity index (χ1) is 13.5. The van der Waals surface area contributed by atoms with Gasteiger partial charge in [-0.25, -0.2) is 0 Å². The third-order valence-electron chi connectivity index (χ3n) is 4.94. The van der Waals surface area contributed by atoms with Crippen molar-refractivity contribution in [2.45, 2.75) is 26.8 Å². The highest BCUT2D eigenvalue weighted by molar-refractivity contribution is 6.03. The molecule has 0 spiro atoms. The zero-order valence-corrected chi connectivity index (χ0v) is 16.6. The molecule has 2 aromatic rings. The molecule has 148 valence electrons. The fourth-order valence-electron chi connectivity index (χ4n) is 3.39. The number of likely N-dealkylation sites (N-methyl/N-ethyl adjacent to an activating group) is 1. The molecule has 6 nitrogen and oxygen atoms in total. The van der Waals surface area contributed by atoms with Crippen LogP contribution in [0.3, 0.4) is 0 Å². The maximum Gasteiger partial charge on any atom is 0.265 e. The van der Waals surface area contributed by atoms with Crippen LogP contribution in [0.2, 0.25) is 0 Å². The van der Waals surface area contributed by atoms with E-state index in [4.69, 9.17) is 4.74 Å². The first-order valence-corrected chi connectivity index (χ1v) is 9.64. The molecule has 1 atom stereocenters. The summed E-state index contributed by atoms with van der Waals surface area (Å²) < 4.78 is 5.50. The summed E-state index contributed by atoms with van der Waals surface area (Å²) in [6.07, 6.45) is 0. The number of hydrogen-bond donors (Lipinski definition) is 1. The molecule has 2 aromatic carbocycles. The molecule has 0 saturated heterocycles. The second-order valence-electron chi connectivity index (χ2n) is 6.91. The first kappa shape index (κ1) is 19.7. The smallest absolute Gasteiger partial charge is 0.265 e. The first-order valence-electron chi connectivity index (χ1n) is 9.64. The molecule has 0 aromatic heterocycles. The molecule has 1 unspecified atom stereocenters. The maximum absolute atomic E-state index is 12.7. The lowest BCUT2D eigenvalue weighted by atomic mass is 10.1. The number of para-hydroxylation sites is 1. The number of hydrogen-bond acceptors (Lipinski definition) is 4. The summed E-state index contributed by atoms with van der Waals surface area (Å²) in [5.74, 6) is 0.248. The van der Waals surface area contributed by atoms with Crippen LogP contribution in [0.5, 0.6) is 5.75 Å². The Kier molecular flexibility index (Phi) is 6.19. The zero-order valence-electron chi connectivity index (χ0n) is 16.6. The number of amides is 2. The van der Waals surface area contributed by atoms with Gasteiger partial charge in [-0.1, -0.05) is 24.3 Å². The minimum Gasteiger partial charge on any atom is -0.482 e. The zero-order chi connectivity index (χ0) is 20.1. The van der Waals surface area contributed by atoms with Crippen LogP contribution in [0.25, 0.3) is 0 Å². The van der Waals surface area contributed by atoms with Gasteiger partial charge in [0.15, 0.2) is 6.61 Å². The second-order valence-corrected chi connectivity index (χ2v) is 6.91. The number of nitrogens with zero attached hydrogens (tertiary/aromatic N) is 2. The lowest BCUT2D eigenvalue weighted by Gasteiger charge is -2.33. The van der Waals surface area contributed by atoms with E-state index >= 15 is 0 Å². The molecule has 0 radical (unpaired) electrons. The van der Waals surface area contributed by atoms with Crippen LogP contribution in [0.1, 0.15) is 19.4 Å². The predicted molar refractivity (Wildman–Crippen MR) is 111 cm³/mol. The quantitative estimate of drug-likeness (QED) is 0.801. The van der Waals surface area contributed by atoms with Gasteiger partial charge in [0.05, 0.1) is 5.69 Å². The summed E-state index contributed by atoms with van der Waals surface area (Å²) >= 11 is 0. The number of aryl methyl sites for hydroxylation is 1. The van der Waals surface area contributed by atoms with Crippen LogP contribution in [-0.2, 0) is 9.59 Å². The van der Waals surface area contributed by atoms with Crippen molar-refractivity contribution in [1.29, 1.82) is 0 Å². The summed E-state index contributed by atoms with van der Waals surface area (Å²) in [6, 6.07) is 15.1. The second kappa shape index (κ2) is 8.78. The summed E-state index contributed by atoms with van der Waals surface area (Å²) in [5, 5.41) is 2.96. The van der Waals surface area contributed by atoms with Gasteiger partial charge in [-0.05, 0) is 50.6 Å². The average molecular weight is 381 g/mol. The Morgan fingerprint density at radius 1 is 1.25 bits per heavy atom. The highest BCUT2D eigenvalue weighted by Crippen LogP contribution is 2.34. The fraction of sp³-hybridized carbons (Fsp3) is 0.364. The molecular formula is C22H27N3O3. The Hall–Kier alpha value is -3.02. The Balaban J connectivity index is 1.63. The molecule has 1 heterocycles. The summed E-state index contributed by atoms with van der Waals surface area (Å²) in [5.41, 5.74) is 2.79. The van der Waals surface area contributed by atoms with Crippen LogP contribution < -0.4 is 19.9 Å². The number of ether oxygens (including phenoxy) is 1. The van der Waals surface area contributed by atoms with Gasteiger partial charge < -0.3 is 15.0 Å². The van der Waals surface area contributed by atoms with Crippen molar-refractivity contribution >= 4 is 23.2 Å². The van der Waals surface area contributed by atoms with E-state index in [2.05, 4.69) is 29.3 Å². The van der Waals surface area contributed by atoms with Gasteiger partial charge in [-0.2, -0.15) is 0 Å². The largest absolute Gasteiger partial charge is 0.482 e. The monoisotopic (exact) mass is 381 g/mol. The highest BCUT2D eigenvalue weighted by Gasteiger charge is 2.33. The van der Waals surface area contributed by atoms with Crippen molar-refractivity contribution in [1.82, 2.24) is 5.32 Å². The summed E-state index contributed by atoms with van der Waals surface area (Å²) in [7, 11) is 0. The predicted octanol–water partition coefficient (Wildman–Crippen LogP) is 2.75. The molecule has 2 amide bonds. The SMILES string of the molecule is CCN(CCNC(=O)C(C)N1C(=O)COc2ccc(C)cc21)c1ccccc1. The molecule has 0 saturated carbocycles. The van der Waals surface area contributed by atoms with Crippen molar-refractivity contribution in [3.63, 3.8) is 0 Å². The standard InChI is InChI=1S/C22H27N3O3/c1-4-24(18-8-6-5-7-9-18)13-12-23-22(27)17(3)25-19-14-16(2)10-11-20(19)28-15-21(25)26/h5-11,14,17H,4,12-13,15H2,1-3H3,(H,23,27). The Morgan fingerprint density at radius 3 is 2.71 bits per heavy atom. The molecule has 0 fully saturated rings. The lowest BCUT2D eigenvalue weighted by Crippen LogP contribution is -2.52. The number of nitrogens with one attached hydrogen (secondary N) is 1. The Bertz CT molecular complexity index is 838. The van der Waals surface area contributed by atoms with Gasteiger partial charge in [-0.15, -0.1) is 0 Å². The van der Waals surface area contributed by atoms with E-state index < -0.39 is 6.04 Å². The third kappa shape index (κ3) is 4.27. The molecule has 1 aliphatic rings. The van der Waals surface area contributed by atoms with Crippen molar-refractivity contribution in [3.8, 4) is 5.75 Å². The lowest BCUT2D eigenvalue weighted by molar-refractivity contribution is -0.127. The van der Waals surface area contributed by atoms with E-state index in [1.165, 1.54) is 4.90 Å². The number of carbonyl (C=O) groups excluding carboxylic acids is 2. The molecule has 0 aliphatic carbocycles. The molecule has 1 N–H and O–H groups in total. The fourth-order valence-corrected chi connectivity index (χ4v) is 3.39. The van der Waals surface area contributed by atoms with E-state index in [9.17, 15) is 9.59 Å². The van der Waals surface area contributed by atoms with Crippen LogP contribution in [-0.4, -0.2) is 44.1 Å². The number of rotatable bonds is 7. The van der Waals surface area contributed by atoms with Crippen molar-refractivity contribution in [2.75, 3.05) is 36.0 Å². The van der Waals surface area contributed by atoms with Gasteiger partial charge in [0.1, 0.15) is 11.8 Å². The van der Waals surface area contributed by atoms with Crippen LogP contribution >= 0.6 is 0 Å². The average Bonchev–Trinajstić information content (AvgIpc) is 2.71. The molecular weight excluding hydrogens is 354 g/mol. The van der Waals surface area contributed by atoms with Crippen molar-refractivity contribution in [2.24, 2.45) is 0 Å². The molecule has 3 rings (SSSR count). The van der Waals surface area contributed by atoms with Crippen molar-refractivity contribution in [3.05, 3.63) is 54.1 Å². The summed E-state index contributed by atoms with van der Waals surface area (Å²) in [6.45, 7) is 7.79. The van der Waals surface area contributed by atoms with Crippen LogP contribution in [0.4, 0.5) is 11.4 Å². The molecule has 0 bridgehead atoms. The van der Waals surface area contributed by atoms with E-state index in [-0.39, 0.29) is 18.4 Å². The number of benzene rings is 2. The number of carbonyl (C=O) groups is 2. The Labute approximate surface area is 166 Å². The normalized spacial score (nSPS) is 14.1. The van der Waals surface area contributed by atoms with E-state index in [1.807, 2.05) is 43.3 Å². The van der Waals surface area contributed by atoms with Gasteiger partial charge >= 0.3 is 0 Å². The number of fused-ring (bicyclic) bond motifs is 1. The van der Waals surface area contributed by atoms with Crippen molar-refractivity contribution < 1.29 is 14.3 Å². The third-order valence-corrected chi connectivity index (χ3v) is 4.94. The maximum atomic E-state index is 12.7. The van der Waals surface area contributed by atoms with Crippen LogP contribution in [0, 0.1) is 6.92 Å². The molecule has 28 heavy (non-hydrogen) atoms. The van der Waals surface area contributed by atoms with Gasteiger partial charge in [0.25, 0.3) is 5.91 Å². The van der Waals surface area contributed by atoms with E-state index in [0.29, 0.717) is 24.5 Å². The molecule has 1 aliphatic heterocycles. The highest BCUT2D eigenvalue weighted by atomic mass is 16.5. The minimum atomic E-state index is -0.608. The molecule has 6 heteroatoms. The van der Waals surface area contributed by atoms with E-state index in [0.717, 1.165) is 17.8 Å².